The van der Waals surface area contributed by atoms with Crippen molar-refractivity contribution in [2.75, 3.05) is 5.73 Å². The summed E-state index contributed by atoms with van der Waals surface area (Å²) in [6, 6.07) is 3.15. The molecular formula is C7H5ClN4O. The Labute approximate surface area is 77.8 Å². The molecule has 0 aliphatic rings. The number of fused-ring (bicyclic) bond motifs is 1. The quantitative estimate of drug-likeness (QED) is 0.659. The average Bonchev–Trinajstić information content (AvgIpc) is 2.12. The molecule has 0 bridgehead atoms. The smallest absolute Gasteiger partial charge is 0.297 e. The van der Waals surface area contributed by atoms with E-state index in [-0.39, 0.29) is 10.8 Å². The number of anilines is 1. The minimum atomic E-state index is -0.410. The van der Waals surface area contributed by atoms with Crippen LogP contribution in [-0.2, 0) is 0 Å². The Balaban J connectivity index is 2.97. The summed E-state index contributed by atoms with van der Waals surface area (Å²) in [4.78, 5) is 15.3. The summed E-state index contributed by atoms with van der Waals surface area (Å²) in [5.74, 6) is 0. The number of nitrogen functional groups attached to an aromatic ring is 1. The Morgan fingerprint density at radius 1 is 1.46 bits per heavy atom. The Kier molecular flexibility index (Phi) is 1.66. The van der Waals surface area contributed by atoms with Crippen molar-refractivity contribution in [2.45, 2.75) is 0 Å². The van der Waals surface area contributed by atoms with Crippen LogP contribution in [0.5, 0.6) is 0 Å². The average molecular weight is 197 g/mol. The van der Waals surface area contributed by atoms with Gasteiger partial charge in [-0.2, -0.15) is 9.61 Å². The van der Waals surface area contributed by atoms with E-state index in [1.165, 1.54) is 6.20 Å². The molecule has 0 amide bonds. The van der Waals surface area contributed by atoms with Gasteiger partial charge in [-0.05, 0) is 12.1 Å². The third-order valence-electron chi connectivity index (χ3n) is 1.56. The van der Waals surface area contributed by atoms with Gasteiger partial charge in [-0.1, -0.05) is 11.6 Å². The molecule has 0 atom stereocenters. The molecule has 0 aromatic carbocycles. The minimum absolute atomic E-state index is 0.0484. The van der Waals surface area contributed by atoms with Gasteiger partial charge in [0.15, 0.2) is 5.65 Å². The van der Waals surface area contributed by atoms with E-state index in [9.17, 15) is 4.79 Å². The second-order valence-electron chi connectivity index (χ2n) is 2.44. The van der Waals surface area contributed by atoms with Crippen molar-refractivity contribution in [1.82, 2.24) is 14.6 Å². The maximum atomic E-state index is 11.4. The maximum Gasteiger partial charge on any atom is 0.297 e. The van der Waals surface area contributed by atoms with Crippen LogP contribution >= 0.6 is 11.6 Å². The van der Waals surface area contributed by atoms with Gasteiger partial charge in [-0.3, -0.25) is 4.79 Å². The molecule has 6 heteroatoms. The predicted octanol–water partition coefficient (Wildman–Crippen LogP) is 0.325. The van der Waals surface area contributed by atoms with Crippen LogP contribution in [0.1, 0.15) is 0 Å². The highest BCUT2D eigenvalue weighted by molar-refractivity contribution is 6.29. The van der Waals surface area contributed by atoms with Crippen LogP contribution in [0.4, 0.5) is 5.69 Å². The molecule has 0 saturated heterocycles. The number of aromatic nitrogens is 3. The fourth-order valence-electron chi connectivity index (χ4n) is 0.954. The number of hydrogen-bond acceptors (Lipinski definition) is 4. The van der Waals surface area contributed by atoms with E-state index >= 15 is 0 Å². The second-order valence-corrected chi connectivity index (χ2v) is 2.83. The molecule has 2 N–H and O–H groups in total. The van der Waals surface area contributed by atoms with Crippen LogP contribution in [0.3, 0.4) is 0 Å². The fourth-order valence-corrected chi connectivity index (χ4v) is 1.09. The third kappa shape index (κ3) is 1.23. The highest BCUT2D eigenvalue weighted by Crippen LogP contribution is 2.03. The number of nitrogens with zero attached hydrogens (tertiary/aromatic N) is 3. The molecular weight excluding hydrogens is 192 g/mol. The Bertz CT molecular complexity index is 516. The van der Waals surface area contributed by atoms with E-state index in [2.05, 4.69) is 10.1 Å². The lowest BCUT2D eigenvalue weighted by Gasteiger charge is -1.98. The van der Waals surface area contributed by atoms with Crippen LogP contribution in [-0.4, -0.2) is 14.6 Å². The SMILES string of the molecule is Nc1cnc2ccc(Cl)nn2c1=O. The first-order chi connectivity index (χ1) is 6.18. The van der Waals surface area contributed by atoms with E-state index < -0.39 is 5.56 Å². The fraction of sp³-hybridized carbons (Fsp3) is 0. The minimum Gasteiger partial charge on any atom is -0.393 e. The van der Waals surface area contributed by atoms with Gasteiger partial charge in [0.2, 0.25) is 0 Å². The molecule has 0 aliphatic heterocycles. The molecule has 2 aromatic rings. The lowest BCUT2D eigenvalue weighted by atomic mass is 10.5. The number of rotatable bonds is 0. The first-order valence-corrected chi connectivity index (χ1v) is 3.86. The summed E-state index contributed by atoms with van der Waals surface area (Å²) >= 11 is 5.60. The van der Waals surface area contributed by atoms with E-state index in [0.717, 1.165) is 4.52 Å². The molecule has 0 radical (unpaired) electrons. The highest BCUT2D eigenvalue weighted by atomic mass is 35.5. The summed E-state index contributed by atoms with van der Waals surface area (Å²) in [6.45, 7) is 0. The van der Waals surface area contributed by atoms with Gasteiger partial charge in [-0.15, -0.1) is 0 Å². The zero-order chi connectivity index (χ0) is 9.42. The van der Waals surface area contributed by atoms with Crippen LogP contribution in [0.15, 0.2) is 23.1 Å². The van der Waals surface area contributed by atoms with Crippen molar-refractivity contribution in [2.24, 2.45) is 0 Å². The number of halogens is 1. The molecule has 5 nitrogen and oxygen atoms in total. The molecule has 0 saturated carbocycles. The lowest BCUT2D eigenvalue weighted by Crippen LogP contribution is -2.20. The monoisotopic (exact) mass is 196 g/mol. The molecule has 13 heavy (non-hydrogen) atoms. The van der Waals surface area contributed by atoms with Crippen molar-refractivity contribution in [1.29, 1.82) is 0 Å². The molecule has 2 heterocycles. The molecule has 0 fully saturated rings. The highest BCUT2D eigenvalue weighted by Gasteiger charge is 2.01. The van der Waals surface area contributed by atoms with Gasteiger partial charge in [-0.25, -0.2) is 4.98 Å². The molecule has 2 aromatic heterocycles. The third-order valence-corrected chi connectivity index (χ3v) is 1.76. The first kappa shape index (κ1) is 8.00. The van der Waals surface area contributed by atoms with E-state index in [1.54, 1.807) is 12.1 Å². The summed E-state index contributed by atoms with van der Waals surface area (Å²) in [5.41, 5.74) is 5.42. The van der Waals surface area contributed by atoms with Gasteiger partial charge >= 0.3 is 0 Å². The van der Waals surface area contributed by atoms with Crippen LogP contribution in [0.2, 0.25) is 5.15 Å². The second kappa shape index (κ2) is 2.70. The van der Waals surface area contributed by atoms with Crippen molar-refractivity contribution in [3.05, 3.63) is 33.8 Å². The summed E-state index contributed by atoms with van der Waals surface area (Å²) in [6.07, 6.45) is 1.30. The van der Waals surface area contributed by atoms with Crippen LogP contribution in [0.25, 0.3) is 5.65 Å². The Morgan fingerprint density at radius 2 is 2.23 bits per heavy atom. The van der Waals surface area contributed by atoms with Crippen molar-refractivity contribution >= 4 is 22.9 Å². The zero-order valence-corrected chi connectivity index (χ0v) is 7.19. The molecule has 0 unspecified atom stereocenters. The van der Waals surface area contributed by atoms with Crippen molar-refractivity contribution in [3.63, 3.8) is 0 Å². The normalized spacial score (nSPS) is 10.5. The largest absolute Gasteiger partial charge is 0.393 e. The van der Waals surface area contributed by atoms with Gasteiger partial charge in [0.05, 0.1) is 6.20 Å². The Hall–Kier alpha value is -1.62. The maximum absolute atomic E-state index is 11.4. The topological polar surface area (TPSA) is 73.3 Å². The zero-order valence-electron chi connectivity index (χ0n) is 6.44. The molecule has 0 spiro atoms. The first-order valence-electron chi connectivity index (χ1n) is 3.48. The van der Waals surface area contributed by atoms with Crippen LogP contribution in [0, 0.1) is 0 Å². The van der Waals surface area contributed by atoms with Gasteiger partial charge in [0.25, 0.3) is 5.56 Å². The van der Waals surface area contributed by atoms with Gasteiger partial charge in [0, 0.05) is 0 Å². The summed E-state index contributed by atoms with van der Waals surface area (Å²) < 4.78 is 1.07. The van der Waals surface area contributed by atoms with E-state index in [0.29, 0.717) is 5.65 Å². The lowest BCUT2D eigenvalue weighted by molar-refractivity contribution is 0.870. The standard InChI is InChI=1S/C7H5ClN4O/c8-5-1-2-6-10-3-4(9)7(13)12(6)11-5/h1-3H,9H2. The van der Waals surface area contributed by atoms with E-state index in [1.807, 2.05) is 0 Å². The molecule has 66 valence electrons. The Morgan fingerprint density at radius 3 is 3.00 bits per heavy atom. The molecule has 0 aliphatic carbocycles. The van der Waals surface area contributed by atoms with E-state index in [4.69, 9.17) is 17.3 Å². The van der Waals surface area contributed by atoms with Crippen molar-refractivity contribution < 1.29 is 0 Å². The van der Waals surface area contributed by atoms with Crippen molar-refractivity contribution in [3.8, 4) is 0 Å². The number of hydrogen-bond donors (Lipinski definition) is 1. The predicted molar refractivity (Wildman–Crippen MR) is 48.7 cm³/mol. The summed E-state index contributed by atoms with van der Waals surface area (Å²) in [5, 5.41) is 3.99. The van der Waals surface area contributed by atoms with Crippen LogP contribution < -0.4 is 11.3 Å². The van der Waals surface area contributed by atoms with Gasteiger partial charge < -0.3 is 5.73 Å². The number of nitrogens with two attached hydrogens (primary N) is 1. The summed E-state index contributed by atoms with van der Waals surface area (Å²) in [7, 11) is 0. The molecule has 2 rings (SSSR count). The van der Waals surface area contributed by atoms with Gasteiger partial charge in [0.1, 0.15) is 10.8 Å².